The largest absolute Gasteiger partial charge is 0.508 e. The number of hydrogen-bond donors (Lipinski definition) is 2. The molecule has 100 valence electrons. The van der Waals surface area contributed by atoms with Crippen LogP contribution in [0.2, 0.25) is 5.02 Å². The van der Waals surface area contributed by atoms with Crippen molar-refractivity contribution in [3.05, 3.63) is 53.1 Å². The van der Waals surface area contributed by atoms with Gasteiger partial charge in [-0.2, -0.15) is 0 Å². The molecular formula is C13H12ClNO3S. The summed E-state index contributed by atoms with van der Waals surface area (Å²) in [6, 6.07) is 10.4. The lowest BCUT2D eigenvalue weighted by molar-refractivity contribution is 0.475. The Hall–Kier alpha value is -1.72. The number of anilines is 1. The molecule has 4 nitrogen and oxygen atoms in total. The molecule has 0 radical (unpaired) electrons. The Morgan fingerprint density at radius 3 is 2.58 bits per heavy atom. The topological polar surface area (TPSA) is 80.4 Å². The SMILES string of the molecule is Nc1ccc(Cl)c(S(=O)(=O)Cc2cccc(O)c2)c1. The molecule has 0 fully saturated rings. The Balaban J connectivity index is 2.40. The van der Waals surface area contributed by atoms with Gasteiger partial charge >= 0.3 is 0 Å². The summed E-state index contributed by atoms with van der Waals surface area (Å²) in [5.41, 5.74) is 6.40. The van der Waals surface area contributed by atoms with Crippen LogP contribution in [0.1, 0.15) is 5.56 Å². The predicted molar refractivity (Wildman–Crippen MR) is 74.9 cm³/mol. The molecule has 3 N–H and O–H groups in total. The molecule has 0 aliphatic carbocycles. The number of aromatic hydroxyl groups is 1. The van der Waals surface area contributed by atoms with E-state index < -0.39 is 9.84 Å². The highest BCUT2D eigenvalue weighted by Gasteiger charge is 2.19. The molecule has 0 bridgehead atoms. The van der Waals surface area contributed by atoms with Gasteiger partial charge in [0.2, 0.25) is 0 Å². The predicted octanol–water partition coefficient (Wildman–Crippen LogP) is 2.60. The fourth-order valence-electron chi connectivity index (χ4n) is 1.70. The summed E-state index contributed by atoms with van der Waals surface area (Å²) in [4.78, 5) is -0.00231. The zero-order chi connectivity index (χ0) is 14.0. The first-order valence-electron chi connectivity index (χ1n) is 5.44. The summed E-state index contributed by atoms with van der Waals surface area (Å²) in [5, 5.41) is 9.47. The molecule has 6 heteroatoms. The number of benzene rings is 2. The monoisotopic (exact) mass is 297 g/mol. The van der Waals surface area contributed by atoms with Crippen molar-refractivity contribution in [1.29, 1.82) is 0 Å². The minimum Gasteiger partial charge on any atom is -0.508 e. The second-order valence-electron chi connectivity index (χ2n) is 4.12. The van der Waals surface area contributed by atoms with Crippen molar-refractivity contribution in [2.45, 2.75) is 10.6 Å². The lowest BCUT2D eigenvalue weighted by Gasteiger charge is -2.08. The molecule has 0 atom stereocenters. The Morgan fingerprint density at radius 1 is 1.16 bits per heavy atom. The van der Waals surface area contributed by atoms with E-state index in [1.807, 2.05) is 0 Å². The molecule has 2 rings (SSSR count). The summed E-state index contributed by atoms with van der Waals surface area (Å²) in [6.45, 7) is 0. The van der Waals surface area contributed by atoms with Crippen molar-refractivity contribution in [2.75, 3.05) is 5.73 Å². The molecule has 19 heavy (non-hydrogen) atoms. The van der Waals surface area contributed by atoms with Crippen LogP contribution in [0.5, 0.6) is 5.75 Å². The van der Waals surface area contributed by atoms with E-state index in [2.05, 4.69) is 0 Å². The Kier molecular flexibility index (Phi) is 3.68. The minimum absolute atomic E-state index is 0.00231. The number of phenols is 1. The standard InChI is InChI=1S/C13H12ClNO3S/c14-12-5-4-10(15)7-13(12)19(17,18)8-9-2-1-3-11(16)6-9/h1-7,16H,8,15H2. The van der Waals surface area contributed by atoms with E-state index in [-0.39, 0.29) is 21.4 Å². The van der Waals surface area contributed by atoms with Gasteiger partial charge < -0.3 is 10.8 Å². The molecule has 2 aromatic rings. The highest BCUT2D eigenvalue weighted by Crippen LogP contribution is 2.27. The third kappa shape index (κ3) is 3.19. The van der Waals surface area contributed by atoms with Crippen LogP contribution in [-0.2, 0) is 15.6 Å². The van der Waals surface area contributed by atoms with Gasteiger partial charge in [0.05, 0.1) is 15.7 Å². The summed E-state index contributed by atoms with van der Waals surface area (Å²) in [5.74, 6) is -0.226. The van der Waals surface area contributed by atoms with Gasteiger partial charge in [0.25, 0.3) is 0 Å². The van der Waals surface area contributed by atoms with Crippen LogP contribution in [0, 0.1) is 0 Å². The highest BCUT2D eigenvalue weighted by atomic mass is 35.5. The normalized spacial score (nSPS) is 11.4. The van der Waals surface area contributed by atoms with Crippen LogP contribution in [0.4, 0.5) is 5.69 Å². The number of nitrogens with two attached hydrogens (primary N) is 1. The van der Waals surface area contributed by atoms with E-state index in [0.717, 1.165) is 0 Å². The first-order chi connectivity index (χ1) is 8.88. The van der Waals surface area contributed by atoms with Crippen LogP contribution in [0.15, 0.2) is 47.4 Å². The van der Waals surface area contributed by atoms with Crippen LogP contribution < -0.4 is 5.73 Å². The zero-order valence-electron chi connectivity index (χ0n) is 9.88. The van der Waals surface area contributed by atoms with E-state index in [0.29, 0.717) is 11.3 Å². The fraction of sp³-hybridized carbons (Fsp3) is 0.0769. The molecule has 0 spiro atoms. The second kappa shape index (κ2) is 5.11. The van der Waals surface area contributed by atoms with Gasteiger partial charge in [-0.1, -0.05) is 23.7 Å². The second-order valence-corrected chi connectivity index (χ2v) is 6.48. The Bertz CT molecular complexity index is 714. The van der Waals surface area contributed by atoms with E-state index >= 15 is 0 Å². The molecule has 0 aliphatic heterocycles. The molecule has 0 saturated carbocycles. The average Bonchev–Trinajstić information content (AvgIpc) is 2.31. The maximum Gasteiger partial charge on any atom is 0.184 e. The van der Waals surface area contributed by atoms with E-state index in [1.165, 1.54) is 30.3 Å². The number of phenolic OH excluding ortho intramolecular Hbond substituents is 1. The summed E-state index contributed by atoms with van der Waals surface area (Å²) in [7, 11) is -3.61. The van der Waals surface area contributed by atoms with Crippen LogP contribution in [0.25, 0.3) is 0 Å². The molecule has 0 unspecified atom stereocenters. The molecule has 0 heterocycles. The van der Waals surface area contributed by atoms with Crippen LogP contribution in [0.3, 0.4) is 0 Å². The van der Waals surface area contributed by atoms with Gasteiger partial charge in [-0.05, 0) is 35.9 Å². The van der Waals surface area contributed by atoms with E-state index in [4.69, 9.17) is 17.3 Å². The number of halogens is 1. The summed E-state index contributed by atoms with van der Waals surface area (Å²) in [6.07, 6.45) is 0. The molecule has 2 aromatic carbocycles. The van der Waals surface area contributed by atoms with Gasteiger partial charge in [0.15, 0.2) is 9.84 Å². The van der Waals surface area contributed by atoms with Crippen molar-refractivity contribution in [2.24, 2.45) is 0 Å². The third-order valence-electron chi connectivity index (χ3n) is 2.56. The molecule has 0 saturated heterocycles. The molecule has 0 aliphatic rings. The van der Waals surface area contributed by atoms with Gasteiger partial charge in [-0.3, -0.25) is 0 Å². The van der Waals surface area contributed by atoms with Gasteiger partial charge in [0.1, 0.15) is 5.75 Å². The number of hydrogen-bond acceptors (Lipinski definition) is 4. The van der Waals surface area contributed by atoms with Crippen molar-refractivity contribution >= 4 is 27.1 Å². The maximum atomic E-state index is 12.3. The molecule has 0 amide bonds. The van der Waals surface area contributed by atoms with E-state index in [9.17, 15) is 13.5 Å². The van der Waals surface area contributed by atoms with Crippen molar-refractivity contribution in [1.82, 2.24) is 0 Å². The lowest BCUT2D eigenvalue weighted by atomic mass is 10.2. The van der Waals surface area contributed by atoms with Gasteiger partial charge in [-0.25, -0.2) is 8.42 Å². The van der Waals surface area contributed by atoms with Gasteiger partial charge in [-0.15, -0.1) is 0 Å². The number of sulfone groups is 1. The molecule has 0 aromatic heterocycles. The lowest BCUT2D eigenvalue weighted by Crippen LogP contribution is -2.06. The molecular weight excluding hydrogens is 286 g/mol. The zero-order valence-corrected chi connectivity index (χ0v) is 11.4. The van der Waals surface area contributed by atoms with Gasteiger partial charge in [0, 0.05) is 5.69 Å². The Labute approximate surface area is 116 Å². The van der Waals surface area contributed by atoms with Crippen LogP contribution >= 0.6 is 11.6 Å². The first-order valence-corrected chi connectivity index (χ1v) is 7.47. The summed E-state index contributed by atoms with van der Waals surface area (Å²) < 4.78 is 24.5. The summed E-state index contributed by atoms with van der Waals surface area (Å²) >= 11 is 5.89. The van der Waals surface area contributed by atoms with E-state index in [1.54, 1.807) is 12.1 Å². The Morgan fingerprint density at radius 2 is 1.89 bits per heavy atom. The van der Waals surface area contributed by atoms with Crippen molar-refractivity contribution < 1.29 is 13.5 Å². The maximum absolute atomic E-state index is 12.3. The number of nitrogen functional groups attached to an aromatic ring is 1. The van der Waals surface area contributed by atoms with Crippen LogP contribution in [-0.4, -0.2) is 13.5 Å². The first kappa shape index (κ1) is 13.7. The average molecular weight is 298 g/mol. The minimum atomic E-state index is -3.61. The highest BCUT2D eigenvalue weighted by molar-refractivity contribution is 7.90. The third-order valence-corrected chi connectivity index (χ3v) is 4.72. The van der Waals surface area contributed by atoms with Crippen molar-refractivity contribution in [3.63, 3.8) is 0 Å². The quantitative estimate of drug-likeness (QED) is 0.853. The fourth-order valence-corrected chi connectivity index (χ4v) is 3.63. The van der Waals surface area contributed by atoms with Crippen molar-refractivity contribution in [3.8, 4) is 5.75 Å². The smallest absolute Gasteiger partial charge is 0.184 e. The number of rotatable bonds is 3.